The first-order valence-electron chi connectivity index (χ1n) is 6.33. The maximum Gasteiger partial charge on any atom is 0.243 e. The molecule has 21 heavy (non-hydrogen) atoms. The van der Waals surface area contributed by atoms with Crippen molar-refractivity contribution in [2.45, 2.75) is 24.9 Å². The molecule has 110 valence electrons. The lowest BCUT2D eigenvalue weighted by Crippen LogP contribution is -2.25. The Labute approximate surface area is 126 Å². The smallest absolute Gasteiger partial charge is 0.243 e. The van der Waals surface area contributed by atoms with Gasteiger partial charge >= 0.3 is 0 Å². The van der Waals surface area contributed by atoms with E-state index < -0.39 is 10.0 Å². The van der Waals surface area contributed by atoms with Crippen molar-refractivity contribution >= 4 is 32.8 Å². The summed E-state index contributed by atoms with van der Waals surface area (Å²) in [5, 5.41) is 4.11. The van der Waals surface area contributed by atoms with Crippen molar-refractivity contribution in [3.63, 3.8) is 0 Å². The molecule has 0 radical (unpaired) electrons. The minimum absolute atomic E-state index is 0.149. The van der Waals surface area contributed by atoms with Gasteiger partial charge in [-0.3, -0.25) is 4.68 Å². The first kappa shape index (κ1) is 14.1. The number of nitrogens with zero attached hydrogens (tertiary/aromatic N) is 4. The van der Waals surface area contributed by atoms with Crippen molar-refractivity contribution < 1.29 is 8.42 Å². The molecule has 0 aliphatic rings. The predicted molar refractivity (Wildman–Crippen MR) is 79.3 cm³/mol. The molecule has 0 atom stereocenters. The molecule has 2 heterocycles. The zero-order valence-electron chi connectivity index (χ0n) is 11.2. The fourth-order valence-corrected chi connectivity index (χ4v) is 3.80. The van der Waals surface area contributed by atoms with Crippen molar-refractivity contribution in [3.05, 3.63) is 36.2 Å². The summed E-state index contributed by atoms with van der Waals surface area (Å²) in [6.07, 6.45) is 1.65. The van der Waals surface area contributed by atoms with Crippen molar-refractivity contribution in [1.82, 2.24) is 23.2 Å². The number of hydrogen-bond donors (Lipinski definition) is 1. The molecule has 3 aromatic rings. The van der Waals surface area contributed by atoms with Crippen LogP contribution in [0.4, 0.5) is 0 Å². The highest BCUT2D eigenvalue weighted by Crippen LogP contribution is 2.21. The highest BCUT2D eigenvalue weighted by molar-refractivity contribution is 7.89. The van der Waals surface area contributed by atoms with Crippen LogP contribution in [-0.2, 0) is 23.1 Å². The second kappa shape index (κ2) is 5.51. The summed E-state index contributed by atoms with van der Waals surface area (Å²) in [5.41, 5.74) is 1.80. The Morgan fingerprint density at radius 1 is 1.29 bits per heavy atom. The average Bonchev–Trinajstić information content (AvgIpc) is 3.12. The largest absolute Gasteiger partial charge is 0.269 e. The molecular formula is C12H13N5O2S2. The first-order chi connectivity index (χ1) is 10.1. The van der Waals surface area contributed by atoms with Gasteiger partial charge in [-0.25, -0.2) is 13.1 Å². The third-order valence-electron chi connectivity index (χ3n) is 3.09. The lowest BCUT2D eigenvalue weighted by Gasteiger charge is -2.08. The molecule has 3 rings (SSSR count). The van der Waals surface area contributed by atoms with Gasteiger partial charge in [0, 0.05) is 12.7 Å². The lowest BCUT2D eigenvalue weighted by molar-refractivity contribution is 0.571. The van der Waals surface area contributed by atoms with Crippen LogP contribution in [0.3, 0.4) is 0 Å². The van der Waals surface area contributed by atoms with Gasteiger partial charge in [-0.2, -0.15) is 13.8 Å². The van der Waals surface area contributed by atoms with Gasteiger partial charge in [0.25, 0.3) is 0 Å². The molecule has 1 N–H and O–H groups in total. The summed E-state index contributed by atoms with van der Waals surface area (Å²) in [7, 11) is -3.64. The zero-order chi connectivity index (χ0) is 14.9. The summed E-state index contributed by atoms with van der Waals surface area (Å²) < 4.78 is 37.3. The van der Waals surface area contributed by atoms with Gasteiger partial charge in [0.15, 0.2) is 0 Å². The van der Waals surface area contributed by atoms with Crippen LogP contribution >= 0.6 is 11.7 Å². The quantitative estimate of drug-likeness (QED) is 0.766. The standard InChI is InChI=1S/C12H13N5O2S2/c1-2-17-9(6-7-13-17)8-14-21(18,19)11-5-3-4-10-12(11)16-20-15-10/h3-7,14H,2,8H2,1H3. The predicted octanol–water partition coefficient (Wildman–Crippen LogP) is 1.39. The summed E-state index contributed by atoms with van der Waals surface area (Å²) in [5.74, 6) is 0. The van der Waals surface area contributed by atoms with Gasteiger partial charge in [-0.15, -0.1) is 0 Å². The van der Waals surface area contributed by atoms with E-state index in [1.165, 1.54) is 6.07 Å². The summed E-state index contributed by atoms with van der Waals surface area (Å²) in [6.45, 7) is 2.83. The second-order valence-electron chi connectivity index (χ2n) is 4.35. The number of benzene rings is 1. The summed E-state index contributed by atoms with van der Waals surface area (Å²) in [4.78, 5) is 0.149. The minimum atomic E-state index is -3.64. The third kappa shape index (κ3) is 2.67. The van der Waals surface area contributed by atoms with Crippen LogP contribution in [0.2, 0.25) is 0 Å². The van der Waals surface area contributed by atoms with Crippen molar-refractivity contribution in [3.8, 4) is 0 Å². The molecule has 7 nitrogen and oxygen atoms in total. The van der Waals surface area contributed by atoms with E-state index in [4.69, 9.17) is 0 Å². The number of sulfonamides is 1. The van der Waals surface area contributed by atoms with E-state index in [9.17, 15) is 8.42 Å². The van der Waals surface area contributed by atoms with Gasteiger partial charge in [0.1, 0.15) is 15.9 Å². The zero-order valence-corrected chi connectivity index (χ0v) is 12.9. The highest BCUT2D eigenvalue weighted by Gasteiger charge is 2.19. The molecule has 0 saturated heterocycles. The Morgan fingerprint density at radius 2 is 2.14 bits per heavy atom. The third-order valence-corrected chi connectivity index (χ3v) is 5.06. The highest BCUT2D eigenvalue weighted by atomic mass is 32.2. The van der Waals surface area contributed by atoms with Crippen LogP contribution in [0.25, 0.3) is 11.0 Å². The second-order valence-corrected chi connectivity index (χ2v) is 6.61. The molecule has 1 aromatic carbocycles. The van der Waals surface area contributed by atoms with Crippen molar-refractivity contribution in [1.29, 1.82) is 0 Å². The van der Waals surface area contributed by atoms with Crippen LogP contribution in [0.5, 0.6) is 0 Å². The van der Waals surface area contributed by atoms with Crippen LogP contribution < -0.4 is 4.72 Å². The van der Waals surface area contributed by atoms with Crippen molar-refractivity contribution in [2.24, 2.45) is 0 Å². The number of rotatable bonds is 5. The molecule has 0 spiro atoms. The van der Waals surface area contributed by atoms with Gasteiger partial charge in [-0.05, 0) is 25.1 Å². The molecule has 0 amide bonds. The average molecular weight is 323 g/mol. The number of nitrogens with one attached hydrogen (secondary N) is 1. The van der Waals surface area contributed by atoms with E-state index >= 15 is 0 Å². The Balaban J connectivity index is 1.89. The summed E-state index contributed by atoms with van der Waals surface area (Å²) in [6, 6.07) is 6.72. The van der Waals surface area contributed by atoms with Gasteiger partial charge in [0.2, 0.25) is 10.0 Å². The molecule has 0 saturated carbocycles. The Morgan fingerprint density at radius 3 is 2.95 bits per heavy atom. The van der Waals surface area contributed by atoms with Crippen LogP contribution in [0, 0.1) is 0 Å². The van der Waals surface area contributed by atoms with E-state index in [1.807, 2.05) is 6.92 Å². The van der Waals surface area contributed by atoms with Gasteiger partial charge in [-0.1, -0.05) is 6.07 Å². The monoisotopic (exact) mass is 323 g/mol. The SMILES string of the molecule is CCn1nccc1CNS(=O)(=O)c1cccc2nsnc12. The van der Waals surface area contributed by atoms with Crippen LogP contribution in [0.1, 0.15) is 12.6 Å². The summed E-state index contributed by atoms with van der Waals surface area (Å²) >= 11 is 0.999. The fourth-order valence-electron chi connectivity index (χ4n) is 2.04. The molecule has 9 heteroatoms. The molecular weight excluding hydrogens is 310 g/mol. The van der Waals surface area contributed by atoms with E-state index in [2.05, 4.69) is 18.6 Å². The number of hydrogen-bond acceptors (Lipinski definition) is 6. The van der Waals surface area contributed by atoms with E-state index in [0.29, 0.717) is 17.6 Å². The molecule has 0 aliphatic carbocycles. The van der Waals surface area contributed by atoms with Crippen LogP contribution in [-0.4, -0.2) is 26.9 Å². The Hall–Kier alpha value is -1.84. The maximum atomic E-state index is 12.4. The van der Waals surface area contributed by atoms with E-state index in [1.54, 1.807) is 29.1 Å². The molecule has 2 aromatic heterocycles. The molecule has 0 fully saturated rings. The van der Waals surface area contributed by atoms with Gasteiger partial charge < -0.3 is 0 Å². The minimum Gasteiger partial charge on any atom is -0.269 e. The maximum absolute atomic E-state index is 12.4. The Kier molecular flexibility index (Phi) is 3.70. The van der Waals surface area contributed by atoms with Crippen LogP contribution in [0.15, 0.2) is 35.4 Å². The molecule has 0 unspecified atom stereocenters. The van der Waals surface area contributed by atoms with Gasteiger partial charge in [0.05, 0.1) is 24.0 Å². The number of aromatic nitrogens is 4. The van der Waals surface area contributed by atoms with Crippen molar-refractivity contribution in [2.75, 3.05) is 0 Å². The first-order valence-corrected chi connectivity index (χ1v) is 8.55. The normalized spacial score (nSPS) is 12.0. The molecule has 0 bridgehead atoms. The Bertz CT molecular complexity index is 869. The van der Waals surface area contributed by atoms with E-state index in [0.717, 1.165) is 17.4 Å². The topological polar surface area (TPSA) is 89.8 Å². The molecule has 0 aliphatic heterocycles. The fraction of sp³-hybridized carbons (Fsp3) is 0.250. The van der Waals surface area contributed by atoms with E-state index in [-0.39, 0.29) is 11.4 Å². The number of aryl methyl sites for hydroxylation is 1. The lowest BCUT2D eigenvalue weighted by atomic mass is 10.3. The number of fused-ring (bicyclic) bond motifs is 1.